The van der Waals surface area contributed by atoms with Crippen molar-refractivity contribution >= 4 is 5.97 Å². The van der Waals surface area contributed by atoms with E-state index in [-0.39, 0.29) is 12.1 Å². The quantitative estimate of drug-likeness (QED) is 0.470. The van der Waals surface area contributed by atoms with Crippen molar-refractivity contribution in [1.29, 1.82) is 0 Å². The van der Waals surface area contributed by atoms with Gasteiger partial charge in [0.1, 0.15) is 6.10 Å². The van der Waals surface area contributed by atoms with Crippen LogP contribution in [-0.2, 0) is 9.53 Å². The molecule has 0 radical (unpaired) electrons. The maximum absolute atomic E-state index is 10.9. The van der Waals surface area contributed by atoms with Gasteiger partial charge in [-0.05, 0) is 43.4 Å². The van der Waals surface area contributed by atoms with Crippen LogP contribution in [-0.4, -0.2) is 12.1 Å². The van der Waals surface area contributed by atoms with Gasteiger partial charge in [-0.25, -0.2) is 0 Å². The normalized spacial score (nSPS) is 43.6. The lowest BCUT2D eigenvalue weighted by molar-refractivity contribution is -0.149. The summed E-state index contributed by atoms with van der Waals surface area (Å²) in [7, 11) is 0. The molecule has 0 spiro atoms. The number of hydrogen-bond donors (Lipinski definition) is 0. The zero-order valence-electron chi connectivity index (χ0n) is 8.53. The van der Waals surface area contributed by atoms with E-state index >= 15 is 0 Å². The van der Waals surface area contributed by atoms with Crippen molar-refractivity contribution in [3.63, 3.8) is 0 Å². The van der Waals surface area contributed by atoms with Crippen LogP contribution in [0.15, 0.2) is 11.6 Å². The lowest BCUT2D eigenvalue weighted by Crippen LogP contribution is -2.29. The minimum absolute atomic E-state index is 0.115. The molecule has 3 rings (SSSR count). The van der Waals surface area contributed by atoms with Crippen LogP contribution in [0.25, 0.3) is 0 Å². The van der Waals surface area contributed by atoms with Crippen molar-refractivity contribution < 1.29 is 9.53 Å². The molecule has 0 aromatic rings. The van der Waals surface area contributed by atoms with Gasteiger partial charge in [-0.3, -0.25) is 4.79 Å². The van der Waals surface area contributed by atoms with E-state index < -0.39 is 0 Å². The predicted molar refractivity (Wildman–Crippen MR) is 52.6 cm³/mol. The van der Waals surface area contributed by atoms with E-state index in [1.165, 1.54) is 19.8 Å². The van der Waals surface area contributed by atoms with Gasteiger partial charge in [0, 0.05) is 6.92 Å². The Bertz CT molecular complexity index is 305. The third kappa shape index (κ3) is 1.28. The minimum Gasteiger partial charge on any atom is -0.463 e. The second-order valence-corrected chi connectivity index (χ2v) is 4.92. The summed E-state index contributed by atoms with van der Waals surface area (Å²) in [5.41, 5.74) is 1.68. The van der Waals surface area contributed by atoms with Crippen molar-refractivity contribution in [3.05, 3.63) is 11.6 Å². The zero-order chi connectivity index (χ0) is 9.71. The van der Waals surface area contributed by atoms with Gasteiger partial charge >= 0.3 is 5.97 Å². The summed E-state index contributed by atoms with van der Waals surface area (Å²) in [6.07, 6.45) is 7.42. The molecule has 0 amide bonds. The Labute approximate surface area is 84.3 Å². The Balaban J connectivity index is 1.65. The van der Waals surface area contributed by atoms with Gasteiger partial charge in [-0.15, -0.1) is 0 Å². The molecular formula is C12H16O2. The van der Waals surface area contributed by atoms with Crippen LogP contribution in [0.1, 0.15) is 32.6 Å². The van der Waals surface area contributed by atoms with E-state index in [1.54, 1.807) is 5.57 Å². The van der Waals surface area contributed by atoms with Crippen LogP contribution in [0.4, 0.5) is 0 Å². The molecule has 3 aliphatic rings. The van der Waals surface area contributed by atoms with Crippen molar-refractivity contribution in [2.75, 3.05) is 0 Å². The first-order chi connectivity index (χ1) is 6.74. The Kier molecular flexibility index (Phi) is 1.73. The zero-order valence-corrected chi connectivity index (χ0v) is 8.53. The number of hydrogen-bond acceptors (Lipinski definition) is 2. The maximum atomic E-state index is 10.9. The van der Waals surface area contributed by atoms with Gasteiger partial charge in [0.25, 0.3) is 0 Å². The molecule has 0 aliphatic heterocycles. The third-order valence-corrected chi connectivity index (χ3v) is 3.96. The van der Waals surface area contributed by atoms with Crippen molar-refractivity contribution in [3.8, 4) is 0 Å². The molecule has 2 heteroatoms. The van der Waals surface area contributed by atoms with Crippen LogP contribution in [0.2, 0.25) is 0 Å². The molecule has 2 saturated carbocycles. The number of fused-ring (bicyclic) bond motifs is 3. The molecule has 0 aromatic carbocycles. The average Bonchev–Trinajstić information content (AvgIpc) is 2.80. The second-order valence-electron chi connectivity index (χ2n) is 4.92. The highest BCUT2D eigenvalue weighted by molar-refractivity contribution is 5.66. The average molecular weight is 192 g/mol. The van der Waals surface area contributed by atoms with Gasteiger partial charge in [0.2, 0.25) is 0 Å². The van der Waals surface area contributed by atoms with Gasteiger partial charge in [0.15, 0.2) is 0 Å². The highest BCUT2D eigenvalue weighted by atomic mass is 16.5. The maximum Gasteiger partial charge on any atom is 0.302 e. The molecule has 0 bridgehead atoms. The lowest BCUT2D eigenvalue weighted by Gasteiger charge is -2.32. The molecule has 0 saturated heterocycles. The van der Waals surface area contributed by atoms with E-state index in [0.29, 0.717) is 0 Å². The Hall–Kier alpha value is -0.790. The first-order valence-corrected chi connectivity index (χ1v) is 5.62. The number of ether oxygens (including phenoxy) is 1. The third-order valence-electron chi connectivity index (χ3n) is 3.96. The highest BCUT2D eigenvalue weighted by Crippen LogP contribution is 2.57. The summed E-state index contributed by atoms with van der Waals surface area (Å²) in [6, 6.07) is 0. The summed E-state index contributed by atoms with van der Waals surface area (Å²) in [6.45, 7) is 1.52. The summed E-state index contributed by atoms with van der Waals surface area (Å²) in [5, 5.41) is 0. The van der Waals surface area contributed by atoms with E-state index in [2.05, 4.69) is 6.08 Å². The molecule has 4 atom stereocenters. The minimum atomic E-state index is -0.115. The smallest absolute Gasteiger partial charge is 0.302 e. The van der Waals surface area contributed by atoms with Crippen molar-refractivity contribution in [2.24, 2.45) is 17.8 Å². The summed E-state index contributed by atoms with van der Waals surface area (Å²) in [5.74, 6) is 2.38. The fourth-order valence-electron chi connectivity index (χ4n) is 3.29. The van der Waals surface area contributed by atoms with E-state index in [0.717, 1.165) is 30.6 Å². The summed E-state index contributed by atoms with van der Waals surface area (Å²) < 4.78 is 5.30. The first-order valence-electron chi connectivity index (χ1n) is 5.62. The number of allylic oxidation sites excluding steroid dienone is 2. The molecule has 2 nitrogen and oxygen atoms in total. The summed E-state index contributed by atoms with van der Waals surface area (Å²) in [4.78, 5) is 10.9. The predicted octanol–water partition coefficient (Wildman–Crippen LogP) is 2.29. The van der Waals surface area contributed by atoms with Crippen LogP contribution < -0.4 is 0 Å². The van der Waals surface area contributed by atoms with E-state index in [1.807, 2.05) is 0 Å². The first kappa shape index (κ1) is 8.51. The molecule has 2 fully saturated rings. The Morgan fingerprint density at radius 2 is 2.36 bits per heavy atom. The number of carbonyl (C=O) groups excluding carboxylic acids is 1. The van der Waals surface area contributed by atoms with E-state index in [4.69, 9.17) is 4.74 Å². The topological polar surface area (TPSA) is 26.3 Å². The molecule has 0 aromatic heterocycles. The molecule has 76 valence electrons. The second kappa shape index (κ2) is 2.85. The molecule has 3 aliphatic carbocycles. The molecule has 14 heavy (non-hydrogen) atoms. The monoisotopic (exact) mass is 192 g/mol. The van der Waals surface area contributed by atoms with Crippen LogP contribution in [0, 0.1) is 17.8 Å². The Morgan fingerprint density at radius 3 is 3.14 bits per heavy atom. The van der Waals surface area contributed by atoms with Crippen LogP contribution >= 0.6 is 0 Å². The largest absolute Gasteiger partial charge is 0.463 e. The molecule has 4 unspecified atom stereocenters. The van der Waals surface area contributed by atoms with Crippen LogP contribution in [0.5, 0.6) is 0 Å². The highest BCUT2D eigenvalue weighted by Gasteiger charge is 2.48. The lowest BCUT2D eigenvalue weighted by atomic mass is 9.77. The van der Waals surface area contributed by atoms with Crippen LogP contribution in [0.3, 0.4) is 0 Å². The SMILES string of the molecule is CC(=O)OC1CCC2C=C3CC3C2C1. The van der Waals surface area contributed by atoms with E-state index in [9.17, 15) is 4.79 Å². The standard InChI is InChI=1S/C12H16O2/c1-7(13)14-10-3-2-8-4-9-5-11(9)12(8)6-10/h4,8,10-12H,2-3,5-6H2,1H3. The van der Waals surface area contributed by atoms with Crippen molar-refractivity contribution in [2.45, 2.75) is 38.7 Å². The fourth-order valence-corrected chi connectivity index (χ4v) is 3.29. The molecule has 0 N–H and O–H groups in total. The molecule has 0 heterocycles. The number of carbonyl (C=O) groups is 1. The number of rotatable bonds is 1. The number of esters is 1. The molecular weight excluding hydrogens is 176 g/mol. The fraction of sp³-hybridized carbons (Fsp3) is 0.750. The van der Waals surface area contributed by atoms with Gasteiger partial charge < -0.3 is 4.74 Å². The van der Waals surface area contributed by atoms with Crippen molar-refractivity contribution in [1.82, 2.24) is 0 Å². The Morgan fingerprint density at radius 1 is 1.50 bits per heavy atom. The van der Waals surface area contributed by atoms with Gasteiger partial charge in [0.05, 0.1) is 0 Å². The van der Waals surface area contributed by atoms with Gasteiger partial charge in [-0.1, -0.05) is 11.6 Å². The summed E-state index contributed by atoms with van der Waals surface area (Å²) >= 11 is 0. The van der Waals surface area contributed by atoms with Gasteiger partial charge in [-0.2, -0.15) is 0 Å².